The van der Waals surface area contributed by atoms with E-state index in [1.165, 1.54) is 0 Å². The third kappa shape index (κ3) is 4.24. The highest BCUT2D eigenvalue weighted by Gasteiger charge is 2.27. The second-order valence-corrected chi connectivity index (χ2v) is 6.89. The Bertz CT molecular complexity index is 1040. The summed E-state index contributed by atoms with van der Waals surface area (Å²) in [6.45, 7) is 4.13. The summed E-state index contributed by atoms with van der Waals surface area (Å²) < 4.78 is 7.66. The zero-order valence-corrected chi connectivity index (χ0v) is 19.1. The third-order valence-electron chi connectivity index (χ3n) is 5.08. The van der Waals surface area contributed by atoms with Crippen molar-refractivity contribution in [1.82, 2.24) is 20.0 Å². The number of piperazine rings is 1. The minimum absolute atomic E-state index is 0. The maximum atomic E-state index is 12.6. The summed E-state index contributed by atoms with van der Waals surface area (Å²) in [6.07, 6.45) is 3.57. The molecule has 0 saturated carbocycles. The van der Waals surface area contributed by atoms with Crippen molar-refractivity contribution in [2.24, 2.45) is 12.0 Å². The van der Waals surface area contributed by atoms with E-state index in [0.717, 1.165) is 28.0 Å². The number of carbonyl (C=O) groups excluding carboxylic acids is 1. The first kappa shape index (κ1) is 21.2. The summed E-state index contributed by atoms with van der Waals surface area (Å²) in [5.74, 6) is 1.60. The average Bonchev–Trinajstić information content (AvgIpc) is 3.26. The van der Waals surface area contributed by atoms with E-state index < -0.39 is 0 Å². The molecule has 3 heterocycles. The zero-order chi connectivity index (χ0) is 19.7. The predicted octanol–water partition coefficient (Wildman–Crippen LogP) is 2.52. The van der Waals surface area contributed by atoms with Gasteiger partial charge in [0, 0.05) is 44.3 Å². The minimum Gasteiger partial charge on any atom is -0.459 e. The van der Waals surface area contributed by atoms with E-state index in [4.69, 9.17) is 4.42 Å². The normalized spacial score (nSPS) is 15.0. The summed E-state index contributed by atoms with van der Waals surface area (Å²) in [7, 11) is 3.57. The number of nitrogens with zero attached hydrogens (tertiary/aromatic N) is 5. The van der Waals surface area contributed by atoms with Crippen LogP contribution in [0.15, 0.2) is 46.1 Å². The standard InChI is InChI=1S/C20H24N6O2.HI/c1-14-16-6-4-5-7-17(16)28-18(14)11-22-20(21-2)25-8-9-26(19(27)13-25)15-10-23-24(3)12-15;/h4-7,10,12H,8-9,11,13H2,1-3H3,(H,21,22);1H. The molecule has 1 N–H and O–H groups in total. The number of anilines is 1. The lowest BCUT2D eigenvalue weighted by molar-refractivity contribution is -0.120. The predicted molar refractivity (Wildman–Crippen MR) is 124 cm³/mol. The SMILES string of the molecule is CN=C(NCc1oc2ccccc2c1C)N1CCN(c2cnn(C)c2)C(=O)C1.I. The molecule has 29 heavy (non-hydrogen) atoms. The second-order valence-electron chi connectivity index (χ2n) is 6.89. The van der Waals surface area contributed by atoms with Crippen LogP contribution in [0.5, 0.6) is 0 Å². The quantitative estimate of drug-likeness (QED) is 0.334. The first-order valence-electron chi connectivity index (χ1n) is 9.28. The lowest BCUT2D eigenvalue weighted by Crippen LogP contribution is -2.55. The van der Waals surface area contributed by atoms with Crippen molar-refractivity contribution in [3.63, 3.8) is 0 Å². The number of para-hydroxylation sites is 1. The fourth-order valence-electron chi connectivity index (χ4n) is 3.56. The van der Waals surface area contributed by atoms with Crippen molar-refractivity contribution >= 4 is 52.5 Å². The highest BCUT2D eigenvalue weighted by atomic mass is 127. The molecule has 8 nitrogen and oxygen atoms in total. The molecule has 0 spiro atoms. The van der Waals surface area contributed by atoms with E-state index in [-0.39, 0.29) is 36.4 Å². The lowest BCUT2D eigenvalue weighted by atomic mass is 10.1. The van der Waals surface area contributed by atoms with Gasteiger partial charge in [0.2, 0.25) is 5.91 Å². The number of fused-ring (bicyclic) bond motifs is 1. The van der Waals surface area contributed by atoms with Crippen LogP contribution < -0.4 is 10.2 Å². The Morgan fingerprint density at radius 1 is 1.31 bits per heavy atom. The molecule has 154 valence electrons. The zero-order valence-electron chi connectivity index (χ0n) is 16.8. The van der Waals surface area contributed by atoms with Crippen LogP contribution in [-0.4, -0.2) is 53.2 Å². The molecule has 1 aromatic carbocycles. The molecule has 0 bridgehead atoms. The molecule has 1 fully saturated rings. The van der Waals surface area contributed by atoms with Crippen LogP contribution in [-0.2, 0) is 18.4 Å². The number of hydrogen-bond acceptors (Lipinski definition) is 4. The number of hydrogen-bond donors (Lipinski definition) is 1. The number of carbonyl (C=O) groups is 1. The maximum Gasteiger partial charge on any atom is 0.246 e. The fourth-order valence-corrected chi connectivity index (χ4v) is 3.56. The van der Waals surface area contributed by atoms with Gasteiger partial charge in [0.25, 0.3) is 0 Å². The first-order valence-corrected chi connectivity index (χ1v) is 9.28. The van der Waals surface area contributed by atoms with E-state index in [1.807, 2.05) is 36.3 Å². The van der Waals surface area contributed by atoms with Gasteiger partial charge in [-0.3, -0.25) is 14.5 Å². The van der Waals surface area contributed by atoms with Gasteiger partial charge in [0.15, 0.2) is 5.96 Å². The van der Waals surface area contributed by atoms with Gasteiger partial charge >= 0.3 is 0 Å². The molecule has 1 aliphatic heterocycles. The maximum absolute atomic E-state index is 12.6. The Balaban J connectivity index is 0.00000240. The van der Waals surface area contributed by atoms with Gasteiger partial charge in [0.05, 0.1) is 18.4 Å². The smallest absolute Gasteiger partial charge is 0.246 e. The Morgan fingerprint density at radius 3 is 2.76 bits per heavy atom. The monoisotopic (exact) mass is 508 g/mol. The summed E-state index contributed by atoms with van der Waals surface area (Å²) in [6, 6.07) is 8.00. The lowest BCUT2D eigenvalue weighted by Gasteiger charge is -2.35. The Labute approximate surface area is 186 Å². The molecule has 0 aliphatic carbocycles. The molecule has 1 aliphatic rings. The Hall–Kier alpha value is -2.56. The summed E-state index contributed by atoms with van der Waals surface area (Å²) >= 11 is 0. The number of rotatable bonds is 3. The van der Waals surface area contributed by atoms with Crippen LogP contribution in [0.25, 0.3) is 11.0 Å². The Morgan fingerprint density at radius 2 is 2.10 bits per heavy atom. The molecule has 0 atom stereocenters. The molecule has 9 heteroatoms. The van der Waals surface area contributed by atoms with Crippen molar-refractivity contribution < 1.29 is 9.21 Å². The molecule has 1 saturated heterocycles. The van der Waals surface area contributed by atoms with Gasteiger partial charge in [-0.05, 0) is 13.0 Å². The summed E-state index contributed by atoms with van der Waals surface area (Å²) in [4.78, 5) is 20.7. The first-order chi connectivity index (χ1) is 13.6. The number of guanidine groups is 1. The van der Waals surface area contributed by atoms with Crippen LogP contribution in [0, 0.1) is 6.92 Å². The highest BCUT2D eigenvalue weighted by molar-refractivity contribution is 14.0. The Kier molecular flexibility index (Phi) is 6.46. The second kappa shape index (κ2) is 8.85. The number of furan rings is 1. The van der Waals surface area contributed by atoms with Crippen molar-refractivity contribution in [2.45, 2.75) is 13.5 Å². The number of aliphatic imine (C=N–C) groups is 1. The van der Waals surface area contributed by atoms with E-state index >= 15 is 0 Å². The van der Waals surface area contributed by atoms with Gasteiger partial charge in [-0.2, -0.15) is 5.10 Å². The minimum atomic E-state index is 0. The van der Waals surface area contributed by atoms with Crippen molar-refractivity contribution in [2.75, 3.05) is 31.6 Å². The van der Waals surface area contributed by atoms with Gasteiger partial charge in [-0.1, -0.05) is 18.2 Å². The molecule has 1 amide bonds. The van der Waals surface area contributed by atoms with Crippen LogP contribution in [0.2, 0.25) is 0 Å². The molecule has 0 radical (unpaired) electrons. The molecule has 3 aromatic rings. The van der Waals surface area contributed by atoms with E-state index in [9.17, 15) is 4.79 Å². The molecular weight excluding hydrogens is 483 g/mol. The summed E-state index contributed by atoms with van der Waals surface area (Å²) in [5, 5.41) is 8.60. The number of aromatic nitrogens is 2. The van der Waals surface area contributed by atoms with Gasteiger partial charge in [-0.25, -0.2) is 0 Å². The van der Waals surface area contributed by atoms with E-state index in [0.29, 0.717) is 25.6 Å². The number of amides is 1. The molecular formula is C20H25IN6O2. The molecule has 4 rings (SSSR count). The van der Waals surface area contributed by atoms with E-state index in [1.54, 1.807) is 22.8 Å². The van der Waals surface area contributed by atoms with Gasteiger partial charge < -0.3 is 19.5 Å². The number of halogens is 1. The fraction of sp³-hybridized carbons (Fsp3) is 0.350. The average molecular weight is 508 g/mol. The topological polar surface area (TPSA) is 78.9 Å². The summed E-state index contributed by atoms with van der Waals surface area (Å²) in [5.41, 5.74) is 2.83. The molecule has 2 aromatic heterocycles. The largest absolute Gasteiger partial charge is 0.459 e. The van der Waals surface area contributed by atoms with Crippen LogP contribution in [0.3, 0.4) is 0 Å². The van der Waals surface area contributed by atoms with Crippen LogP contribution in [0.1, 0.15) is 11.3 Å². The van der Waals surface area contributed by atoms with Gasteiger partial charge in [-0.15, -0.1) is 24.0 Å². The number of benzene rings is 1. The van der Waals surface area contributed by atoms with Crippen LogP contribution in [0.4, 0.5) is 5.69 Å². The van der Waals surface area contributed by atoms with E-state index in [2.05, 4.69) is 28.4 Å². The van der Waals surface area contributed by atoms with Crippen molar-refractivity contribution in [3.05, 3.63) is 48.0 Å². The highest BCUT2D eigenvalue weighted by Crippen LogP contribution is 2.24. The van der Waals surface area contributed by atoms with Crippen molar-refractivity contribution in [1.29, 1.82) is 0 Å². The van der Waals surface area contributed by atoms with Crippen molar-refractivity contribution in [3.8, 4) is 0 Å². The number of nitrogens with one attached hydrogen (secondary N) is 1. The molecule has 0 unspecified atom stereocenters. The van der Waals surface area contributed by atoms with Gasteiger partial charge in [0.1, 0.15) is 17.9 Å². The number of aryl methyl sites for hydroxylation is 2. The van der Waals surface area contributed by atoms with Crippen LogP contribution >= 0.6 is 24.0 Å². The third-order valence-corrected chi connectivity index (χ3v) is 5.08.